The van der Waals surface area contributed by atoms with Gasteiger partial charge < -0.3 is 19.7 Å². The molecule has 2 unspecified atom stereocenters. The Hall–Kier alpha value is -5.29. The quantitative estimate of drug-likeness (QED) is 0.219. The van der Waals surface area contributed by atoms with Crippen LogP contribution in [0.1, 0.15) is 34.5 Å². The Morgan fingerprint density at radius 3 is 2.58 bits per heavy atom. The number of methoxy groups -OCH3 is 2. The maximum atomic E-state index is 15.1. The smallest absolute Gasteiger partial charge is 0.251 e. The lowest BCUT2D eigenvalue weighted by Crippen LogP contribution is -2.56. The van der Waals surface area contributed by atoms with Crippen LogP contribution in [0.4, 0.5) is 10.1 Å². The van der Waals surface area contributed by atoms with Crippen LogP contribution in [-0.4, -0.2) is 66.8 Å². The first-order valence-electron chi connectivity index (χ1n) is 15.9. The summed E-state index contributed by atoms with van der Waals surface area (Å²) in [6, 6.07) is 20.7. The van der Waals surface area contributed by atoms with Crippen molar-refractivity contribution in [3.05, 3.63) is 102 Å². The van der Waals surface area contributed by atoms with Crippen LogP contribution in [0.2, 0.25) is 0 Å². The minimum Gasteiger partial charge on any atom is -0.497 e. The summed E-state index contributed by atoms with van der Waals surface area (Å²) in [4.78, 5) is 31.2. The number of carbonyl (C=O) groups excluding carboxylic acids is 2. The minimum atomic E-state index is -0.546. The van der Waals surface area contributed by atoms with Crippen LogP contribution >= 0.6 is 0 Å². The van der Waals surface area contributed by atoms with E-state index < -0.39 is 11.9 Å². The number of likely N-dealkylation sites (N-methyl/N-ethyl adjacent to an activating group) is 1. The number of benzene rings is 3. The van der Waals surface area contributed by atoms with E-state index in [9.17, 15) is 9.59 Å². The van der Waals surface area contributed by atoms with E-state index in [0.29, 0.717) is 47.7 Å². The number of ether oxygens (including phenoxy) is 2. The number of H-pyrrole nitrogens is 1. The molecule has 5 aromatic rings. The first-order valence-corrected chi connectivity index (χ1v) is 15.9. The molecule has 2 N–H and O–H groups in total. The maximum Gasteiger partial charge on any atom is 0.251 e. The fourth-order valence-corrected chi connectivity index (χ4v) is 6.33. The number of piperidine rings is 1. The molecule has 2 aromatic heterocycles. The van der Waals surface area contributed by atoms with E-state index in [-0.39, 0.29) is 24.4 Å². The number of likely N-dealkylation sites (tertiary alicyclic amines) is 1. The third-order valence-corrected chi connectivity index (χ3v) is 9.25. The molecule has 0 radical (unpaired) electrons. The van der Waals surface area contributed by atoms with Gasteiger partial charge in [-0.15, -0.1) is 0 Å². The number of nitrogens with zero attached hydrogens (tertiary/aromatic N) is 4. The van der Waals surface area contributed by atoms with Gasteiger partial charge in [0.05, 0.1) is 25.8 Å². The zero-order valence-electron chi connectivity index (χ0n) is 27.8. The molecule has 2 atom stereocenters. The van der Waals surface area contributed by atoms with Crippen LogP contribution in [0.25, 0.3) is 22.2 Å². The molecule has 1 saturated heterocycles. The number of nitrogens with one attached hydrogen (secondary N) is 2. The molecule has 1 aliphatic heterocycles. The molecule has 3 heterocycles. The van der Waals surface area contributed by atoms with E-state index >= 15 is 4.39 Å². The fraction of sp³-hybridized carbons (Fsp3) is 0.297. The van der Waals surface area contributed by atoms with Crippen molar-refractivity contribution in [2.24, 2.45) is 7.05 Å². The van der Waals surface area contributed by atoms with E-state index in [2.05, 4.69) is 21.6 Å². The summed E-state index contributed by atoms with van der Waals surface area (Å²) >= 11 is 0. The summed E-state index contributed by atoms with van der Waals surface area (Å²) < 4.78 is 27.9. The molecule has 2 amide bonds. The van der Waals surface area contributed by atoms with E-state index in [1.165, 1.54) is 13.2 Å². The summed E-state index contributed by atoms with van der Waals surface area (Å²) in [6.07, 6.45) is 3.03. The molecule has 10 nitrogen and oxygen atoms in total. The predicted molar refractivity (Wildman–Crippen MR) is 181 cm³/mol. The molecule has 248 valence electrons. The largest absolute Gasteiger partial charge is 0.497 e. The lowest BCUT2D eigenvalue weighted by atomic mass is 9.95. The minimum absolute atomic E-state index is 0.122. The number of anilines is 1. The van der Waals surface area contributed by atoms with Crippen molar-refractivity contribution < 1.29 is 28.0 Å². The number of amides is 2. The summed E-state index contributed by atoms with van der Waals surface area (Å²) in [5, 5.41) is 11.6. The van der Waals surface area contributed by atoms with E-state index in [1.807, 2.05) is 60.0 Å². The number of halogens is 1. The second-order valence-electron chi connectivity index (χ2n) is 12.2. The molecule has 0 spiro atoms. The van der Waals surface area contributed by atoms with Gasteiger partial charge in [0.1, 0.15) is 30.1 Å². The Morgan fingerprint density at radius 2 is 1.85 bits per heavy atom. The molecule has 3 aromatic carbocycles. The van der Waals surface area contributed by atoms with Gasteiger partial charge in [-0.05, 0) is 67.4 Å². The van der Waals surface area contributed by atoms with Gasteiger partial charge in [0.25, 0.3) is 5.91 Å². The Bertz CT molecular complexity index is 1960. The van der Waals surface area contributed by atoms with Crippen LogP contribution < -0.4 is 24.3 Å². The summed E-state index contributed by atoms with van der Waals surface area (Å²) in [5.41, 5.74) is 5.22. The number of aryl methyl sites for hydroxylation is 2. The van der Waals surface area contributed by atoms with Gasteiger partial charge in [0, 0.05) is 73.0 Å². The van der Waals surface area contributed by atoms with E-state index in [0.717, 1.165) is 27.9 Å². The lowest BCUT2D eigenvalue weighted by Gasteiger charge is -2.40. The van der Waals surface area contributed by atoms with Gasteiger partial charge in [-0.1, -0.05) is 6.07 Å². The highest BCUT2D eigenvalue weighted by molar-refractivity contribution is 6.01. The second-order valence-corrected chi connectivity index (χ2v) is 12.2. The lowest BCUT2D eigenvalue weighted by molar-refractivity contribution is -0.677. The third kappa shape index (κ3) is 6.59. The van der Waals surface area contributed by atoms with E-state index in [1.54, 1.807) is 49.4 Å². The summed E-state index contributed by atoms with van der Waals surface area (Å²) in [5.74, 6) is 0.331. The normalized spacial score (nSPS) is 16.5. The molecule has 1 fully saturated rings. The highest BCUT2D eigenvalue weighted by Gasteiger charge is 2.36. The van der Waals surface area contributed by atoms with Gasteiger partial charge in [-0.2, -0.15) is 5.10 Å². The van der Waals surface area contributed by atoms with Gasteiger partial charge in [-0.3, -0.25) is 19.6 Å². The zero-order chi connectivity index (χ0) is 33.9. The average molecular weight is 652 g/mol. The molecule has 11 heteroatoms. The van der Waals surface area contributed by atoms with Crippen LogP contribution in [0, 0.1) is 12.7 Å². The maximum absolute atomic E-state index is 15.1. The number of carbonyl (C=O) groups is 2. The molecular formula is C37H40FN6O4+. The molecule has 48 heavy (non-hydrogen) atoms. The first kappa shape index (κ1) is 32.6. The molecule has 0 aliphatic carbocycles. The number of hydrogen-bond acceptors (Lipinski definition) is 6. The average Bonchev–Trinajstić information content (AvgIpc) is 3.53. The molecule has 0 saturated carbocycles. The van der Waals surface area contributed by atoms with Crippen molar-refractivity contribution in [3.63, 3.8) is 0 Å². The van der Waals surface area contributed by atoms with Crippen molar-refractivity contribution >= 4 is 28.4 Å². The van der Waals surface area contributed by atoms with Gasteiger partial charge in [-0.25, -0.2) is 8.96 Å². The SMILES string of the molecule is COc1ccc(N(C)C(=O)C2CCC(NC(=O)c3ccc4[nH]nc(-c5cc[n+](C)c(C)c5)c4c3)CN2Cc2c(F)cccc2OC)cc1. The molecule has 1 aliphatic rings. The standard InChI is InChI=1S/C37H39FN6O4/c1-23-19-24(17-18-42(23)2)35-29-20-25(9-15-32(29)40-41-35)36(45)39-26-10-16-33(37(46)43(3)27-11-13-28(47-4)14-12-27)44(21-26)22-30-31(38)7-6-8-34(30)48-5/h6-9,11-15,17-20,26,33H,10,16,21-22H2,1-5H3,(H,39,45)/p+1. The van der Waals surface area contributed by atoms with Gasteiger partial charge in [0.15, 0.2) is 11.9 Å². The summed E-state index contributed by atoms with van der Waals surface area (Å²) in [7, 11) is 6.81. The van der Waals surface area contributed by atoms with Crippen LogP contribution in [-0.2, 0) is 18.4 Å². The molecule has 0 bridgehead atoms. The van der Waals surface area contributed by atoms with E-state index in [4.69, 9.17) is 9.47 Å². The number of aromatic amines is 1. The van der Waals surface area contributed by atoms with Gasteiger partial charge in [0.2, 0.25) is 5.91 Å². The van der Waals surface area contributed by atoms with Crippen LogP contribution in [0.15, 0.2) is 79.0 Å². The highest BCUT2D eigenvalue weighted by atomic mass is 19.1. The van der Waals surface area contributed by atoms with Crippen molar-refractivity contribution in [2.45, 2.75) is 38.4 Å². The predicted octanol–water partition coefficient (Wildman–Crippen LogP) is 4.95. The number of aromatic nitrogens is 3. The number of fused-ring (bicyclic) bond motifs is 1. The number of hydrogen-bond donors (Lipinski definition) is 2. The van der Waals surface area contributed by atoms with Crippen molar-refractivity contribution in [1.29, 1.82) is 0 Å². The Kier molecular flexibility index (Phi) is 9.40. The monoisotopic (exact) mass is 651 g/mol. The topological polar surface area (TPSA) is 104 Å². The van der Waals surface area contributed by atoms with Crippen molar-refractivity contribution in [1.82, 2.24) is 20.4 Å². The third-order valence-electron chi connectivity index (χ3n) is 9.25. The fourth-order valence-electron chi connectivity index (χ4n) is 6.33. The summed E-state index contributed by atoms with van der Waals surface area (Å²) in [6.45, 7) is 2.51. The number of rotatable bonds is 9. The van der Waals surface area contributed by atoms with Gasteiger partial charge >= 0.3 is 0 Å². The Balaban J connectivity index is 1.24. The van der Waals surface area contributed by atoms with Crippen LogP contribution in [0.3, 0.4) is 0 Å². The highest BCUT2D eigenvalue weighted by Crippen LogP contribution is 2.30. The van der Waals surface area contributed by atoms with Crippen molar-refractivity contribution in [3.8, 4) is 22.8 Å². The molecular weight excluding hydrogens is 611 g/mol. The first-order chi connectivity index (χ1) is 23.2. The second kappa shape index (κ2) is 13.8. The Labute approximate surface area is 279 Å². The zero-order valence-corrected chi connectivity index (χ0v) is 27.8. The van der Waals surface area contributed by atoms with Crippen LogP contribution in [0.5, 0.6) is 11.5 Å². The Morgan fingerprint density at radius 1 is 1.06 bits per heavy atom. The molecule has 6 rings (SSSR count). The van der Waals surface area contributed by atoms with Crippen molar-refractivity contribution in [2.75, 3.05) is 32.7 Å². The number of pyridine rings is 1.